The van der Waals surface area contributed by atoms with Crippen LogP contribution in [0, 0.1) is 0 Å². The summed E-state index contributed by atoms with van der Waals surface area (Å²) in [5.41, 5.74) is 6.16. The number of ether oxygens (including phenoxy) is 1. The van der Waals surface area contributed by atoms with Gasteiger partial charge >= 0.3 is 0 Å². The van der Waals surface area contributed by atoms with Crippen LogP contribution in [-0.4, -0.2) is 17.3 Å². The molecule has 1 aromatic rings. The summed E-state index contributed by atoms with van der Waals surface area (Å²) in [6.07, 6.45) is 0.607. The maximum Gasteiger partial charge on any atom is 0.119 e. The fourth-order valence-electron chi connectivity index (χ4n) is 1.31. The lowest BCUT2D eigenvalue weighted by molar-refractivity contribution is 0.0553. The first-order valence-electron chi connectivity index (χ1n) is 5.59. The highest BCUT2D eigenvalue weighted by Crippen LogP contribution is 2.18. The van der Waals surface area contributed by atoms with Crippen molar-refractivity contribution < 1.29 is 9.84 Å². The van der Waals surface area contributed by atoms with Crippen LogP contribution in [0.3, 0.4) is 0 Å². The molecule has 0 radical (unpaired) electrons. The van der Waals surface area contributed by atoms with Crippen molar-refractivity contribution in [3.8, 4) is 5.75 Å². The molecule has 1 rings (SSSR count). The molecule has 0 saturated carbocycles. The van der Waals surface area contributed by atoms with E-state index >= 15 is 0 Å². The molecule has 0 unspecified atom stereocenters. The highest BCUT2D eigenvalue weighted by Gasteiger charge is 2.12. The Morgan fingerprint density at radius 1 is 1.44 bits per heavy atom. The van der Waals surface area contributed by atoms with Gasteiger partial charge in [0.05, 0.1) is 12.2 Å². The predicted molar refractivity (Wildman–Crippen MR) is 65.5 cm³/mol. The number of hydrogen-bond acceptors (Lipinski definition) is 3. The average Bonchev–Trinajstić information content (AvgIpc) is 2.16. The number of aliphatic hydroxyl groups is 1. The molecule has 0 aliphatic carbocycles. The lowest BCUT2D eigenvalue weighted by Gasteiger charge is -2.17. The first-order valence-corrected chi connectivity index (χ1v) is 5.59. The molecule has 0 aliphatic heterocycles. The van der Waals surface area contributed by atoms with Crippen LogP contribution in [0.2, 0.25) is 0 Å². The number of benzene rings is 1. The first kappa shape index (κ1) is 13.0. The van der Waals surface area contributed by atoms with E-state index in [4.69, 9.17) is 10.5 Å². The molecule has 0 aliphatic rings. The molecule has 0 spiro atoms. The van der Waals surface area contributed by atoms with Crippen molar-refractivity contribution in [2.24, 2.45) is 5.73 Å². The van der Waals surface area contributed by atoms with E-state index in [0.717, 1.165) is 11.3 Å². The molecule has 0 bridgehead atoms. The van der Waals surface area contributed by atoms with Crippen molar-refractivity contribution >= 4 is 0 Å². The molecule has 16 heavy (non-hydrogen) atoms. The highest BCUT2D eigenvalue weighted by molar-refractivity contribution is 5.30. The smallest absolute Gasteiger partial charge is 0.119 e. The van der Waals surface area contributed by atoms with E-state index in [0.29, 0.717) is 13.0 Å². The van der Waals surface area contributed by atoms with Gasteiger partial charge in [-0.1, -0.05) is 12.1 Å². The van der Waals surface area contributed by atoms with Gasteiger partial charge in [-0.2, -0.15) is 0 Å². The van der Waals surface area contributed by atoms with Crippen LogP contribution in [-0.2, 0) is 0 Å². The maximum atomic E-state index is 9.54. The Bertz CT molecular complexity index is 329. The summed E-state index contributed by atoms with van der Waals surface area (Å²) in [4.78, 5) is 0. The minimum atomic E-state index is -0.682. The summed E-state index contributed by atoms with van der Waals surface area (Å²) in [5.74, 6) is 0.805. The van der Waals surface area contributed by atoms with Crippen LogP contribution in [0.25, 0.3) is 0 Å². The number of nitrogens with two attached hydrogens (primary N) is 1. The molecule has 1 aromatic carbocycles. The molecule has 0 amide bonds. The van der Waals surface area contributed by atoms with E-state index in [1.165, 1.54) is 0 Å². The summed E-state index contributed by atoms with van der Waals surface area (Å²) in [7, 11) is 0. The van der Waals surface area contributed by atoms with Crippen molar-refractivity contribution in [3.05, 3.63) is 29.8 Å². The van der Waals surface area contributed by atoms with Crippen molar-refractivity contribution in [2.75, 3.05) is 6.61 Å². The fourth-order valence-corrected chi connectivity index (χ4v) is 1.31. The lowest BCUT2D eigenvalue weighted by atomic mass is 10.1. The summed E-state index contributed by atoms with van der Waals surface area (Å²) in [6, 6.07) is 7.76. The van der Waals surface area contributed by atoms with E-state index in [-0.39, 0.29) is 6.04 Å². The predicted octanol–water partition coefficient (Wildman–Crippen LogP) is 2.25. The van der Waals surface area contributed by atoms with E-state index in [1.54, 1.807) is 13.8 Å². The molecule has 0 heterocycles. The van der Waals surface area contributed by atoms with E-state index in [2.05, 4.69) is 0 Å². The first-order chi connectivity index (χ1) is 7.38. The lowest BCUT2D eigenvalue weighted by Crippen LogP contribution is -2.21. The highest BCUT2D eigenvalue weighted by atomic mass is 16.5. The van der Waals surface area contributed by atoms with Crippen molar-refractivity contribution in [1.29, 1.82) is 0 Å². The third kappa shape index (κ3) is 4.64. The second kappa shape index (κ2) is 5.32. The van der Waals surface area contributed by atoms with Gasteiger partial charge in [0.1, 0.15) is 5.75 Å². The quantitative estimate of drug-likeness (QED) is 0.805. The molecular weight excluding hydrogens is 202 g/mol. The topological polar surface area (TPSA) is 55.5 Å². The van der Waals surface area contributed by atoms with Gasteiger partial charge in [-0.25, -0.2) is 0 Å². The van der Waals surface area contributed by atoms with Gasteiger partial charge in [0.2, 0.25) is 0 Å². The van der Waals surface area contributed by atoms with Crippen LogP contribution in [0.5, 0.6) is 5.75 Å². The number of rotatable bonds is 5. The molecular formula is C13H21NO2. The van der Waals surface area contributed by atoms with Gasteiger partial charge < -0.3 is 15.6 Å². The van der Waals surface area contributed by atoms with Gasteiger partial charge in [0.15, 0.2) is 0 Å². The Hall–Kier alpha value is -1.06. The van der Waals surface area contributed by atoms with Gasteiger partial charge in [-0.3, -0.25) is 0 Å². The third-order valence-electron chi connectivity index (χ3n) is 2.37. The summed E-state index contributed by atoms with van der Waals surface area (Å²) < 4.78 is 5.56. The maximum absolute atomic E-state index is 9.54. The fraction of sp³-hybridized carbons (Fsp3) is 0.538. The molecule has 0 aromatic heterocycles. The van der Waals surface area contributed by atoms with Crippen LogP contribution in [0.1, 0.15) is 38.8 Å². The van der Waals surface area contributed by atoms with E-state index in [1.807, 2.05) is 31.2 Å². The molecule has 1 atom stereocenters. The molecule has 0 fully saturated rings. The molecule has 0 saturated heterocycles. The minimum Gasteiger partial charge on any atom is -0.493 e. The Morgan fingerprint density at radius 3 is 2.69 bits per heavy atom. The van der Waals surface area contributed by atoms with Gasteiger partial charge in [0, 0.05) is 12.5 Å². The Balaban J connectivity index is 2.51. The summed E-state index contributed by atoms with van der Waals surface area (Å²) in [6.45, 7) is 5.99. The molecule has 3 nitrogen and oxygen atoms in total. The van der Waals surface area contributed by atoms with Gasteiger partial charge in [-0.05, 0) is 38.5 Å². The van der Waals surface area contributed by atoms with Crippen molar-refractivity contribution in [3.63, 3.8) is 0 Å². The Kier molecular flexibility index (Phi) is 4.33. The number of hydrogen-bond donors (Lipinski definition) is 2. The second-order valence-corrected chi connectivity index (χ2v) is 4.77. The van der Waals surface area contributed by atoms with Gasteiger partial charge in [0.25, 0.3) is 0 Å². The monoisotopic (exact) mass is 223 g/mol. The van der Waals surface area contributed by atoms with E-state index < -0.39 is 5.60 Å². The summed E-state index contributed by atoms with van der Waals surface area (Å²) >= 11 is 0. The normalized spacial score (nSPS) is 13.6. The third-order valence-corrected chi connectivity index (χ3v) is 2.37. The van der Waals surface area contributed by atoms with Gasteiger partial charge in [-0.15, -0.1) is 0 Å². The zero-order valence-corrected chi connectivity index (χ0v) is 10.2. The minimum absolute atomic E-state index is 0.0119. The molecule has 3 heteroatoms. The van der Waals surface area contributed by atoms with E-state index in [9.17, 15) is 5.11 Å². The zero-order chi connectivity index (χ0) is 12.2. The second-order valence-electron chi connectivity index (χ2n) is 4.77. The average molecular weight is 223 g/mol. The largest absolute Gasteiger partial charge is 0.493 e. The Labute approximate surface area is 97.2 Å². The van der Waals surface area contributed by atoms with Crippen LogP contribution in [0.15, 0.2) is 24.3 Å². The van der Waals surface area contributed by atoms with Crippen molar-refractivity contribution in [2.45, 2.75) is 38.8 Å². The Morgan fingerprint density at radius 2 is 2.12 bits per heavy atom. The molecule has 3 N–H and O–H groups in total. The summed E-state index contributed by atoms with van der Waals surface area (Å²) in [5, 5.41) is 9.54. The zero-order valence-electron chi connectivity index (χ0n) is 10.2. The standard InChI is InChI=1S/C13H21NO2/c1-10(14)11-5-4-6-12(9-11)16-8-7-13(2,3)15/h4-6,9-10,15H,7-8,14H2,1-3H3/t10-/m0/s1. The van der Waals surface area contributed by atoms with Crippen LogP contribution >= 0.6 is 0 Å². The van der Waals surface area contributed by atoms with Crippen LogP contribution < -0.4 is 10.5 Å². The van der Waals surface area contributed by atoms with Crippen molar-refractivity contribution in [1.82, 2.24) is 0 Å². The van der Waals surface area contributed by atoms with Crippen LogP contribution in [0.4, 0.5) is 0 Å². The molecule has 90 valence electrons. The SMILES string of the molecule is C[C@H](N)c1cccc(OCCC(C)(C)O)c1.